The first kappa shape index (κ1) is 53.8. The first-order chi connectivity index (χ1) is 27.3. The molecule has 0 rings (SSSR count). The Hall–Kier alpha value is -2.20. The standard InChI is InChI=1S/C46H88N2O8/c1-6-9-12-15-18-21-24-27-38-54-44(50)30-34-47(35-31-45(51)55-39-28-25-22-19-16-13-10-7-2)41-42(4)48(36-32-43(49)53-5)37-33-46(52)56-40-29-26-23-20-17-14-11-8-3/h42H,6-41H2,1-5H3. The van der Waals surface area contributed by atoms with Gasteiger partial charge < -0.3 is 23.8 Å². The van der Waals surface area contributed by atoms with Crippen LogP contribution in [0.3, 0.4) is 0 Å². The lowest BCUT2D eigenvalue weighted by molar-refractivity contribution is -0.146. The van der Waals surface area contributed by atoms with Gasteiger partial charge in [0.25, 0.3) is 0 Å². The lowest BCUT2D eigenvalue weighted by Gasteiger charge is -2.33. The van der Waals surface area contributed by atoms with Crippen LogP contribution in [0.5, 0.6) is 0 Å². The molecule has 0 radical (unpaired) electrons. The molecule has 0 saturated carbocycles. The average molecular weight is 797 g/mol. The first-order valence-corrected chi connectivity index (χ1v) is 23.3. The van der Waals surface area contributed by atoms with Crippen LogP contribution in [0, 0.1) is 0 Å². The zero-order valence-electron chi connectivity index (χ0n) is 37.2. The van der Waals surface area contributed by atoms with E-state index in [1.807, 2.05) is 0 Å². The number of carbonyl (C=O) groups excluding carboxylic acids is 4. The van der Waals surface area contributed by atoms with Gasteiger partial charge in [-0.1, -0.05) is 156 Å². The van der Waals surface area contributed by atoms with Crippen LogP contribution in [0.25, 0.3) is 0 Å². The summed E-state index contributed by atoms with van der Waals surface area (Å²) in [7, 11) is 1.38. The van der Waals surface area contributed by atoms with Crippen molar-refractivity contribution in [2.75, 3.05) is 59.7 Å². The maximum atomic E-state index is 12.7. The molecule has 0 N–H and O–H groups in total. The summed E-state index contributed by atoms with van der Waals surface area (Å²) < 4.78 is 21.6. The van der Waals surface area contributed by atoms with Crippen LogP contribution in [0.1, 0.15) is 207 Å². The number of hydrogen-bond acceptors (Lipinski definition) is 10. The second kappa shape index (κ2) is 41.0. The van der Waals surface area contributed by atoms with Gasteiger partial charge in [0.1, 0.15) is 0 Å². The van der Waals surface area contributed by atoms with Crippen molar-refractivity contribution in [1.29, 1.82) is 0 Å². The van der Waals surface area contributed by atoms with Crippen molar-refractivity contribution in [3.8, 4) is 0 Å². The molecule has 0 aliphatic rings. The Bertz CT molecular complexity index is 895. The Morgan fingerprint density at radius 2 is 0.696 bits per heavy atom. The van der Waals surface area contributed by atoms with Crippen LogP contribution in [0.2, 0.25) is 0 Å². The number of esters is 4. The smallest absolute Gasteiger partial charge is 0.307 e. The molecule has 0 heterocycles. The molecule has 0 aromatic rings. The van der Waals surface area contributed by atoms with Crippen molar-refractivity contribution in [1.82, 2.24) is 9.80 Å². The van der Waals surface area contributed by atoms with Gasteiger partial charge in [-0.25, -0.2) is 0 Å². The summed E-state index contributed by atoms with van der Waals surface area (Å²) >= 11 is 0. The molecule has 1 atom stereocenters. The highest BCUT2D eigenvalue weighted by Crippen LogP contribution is 2.13. The van der Waals surface area contributed by atoms with E-state index in [0.717, 1.165) is 38.5 Å². The van der Waals surface area contributed by atoms with Crippen LogP contribution < -0.4 is 0 Å². The summed E-state index contributed by atoms with van der Waals surface area (Å²) in [4.78, 5) is 54.5. The molecule has 0 saturated heterocycles. The van der Waals surface area contributed by atoms with E-state index in [0.29, 0.717) is 52.5 Å². The summed E-state index contributed by atoms with van der Waals surface area (Å²) in [5, 5.41) is 0. The number of unbranched alkanes of at least 4 members (excludes halogenated alkanes) is 21. The monoisotopic (exact) mass is 797 g/mol. The van der Waals surface area contributed by atoms with Crippen molar-refractivity contribution >= 4 is 23.9 Å². The Balaban J connectivity index is 5.06. The molecule has 0 aromatic heterocycles. The minimum atomic E-state index is -0.310. The maximum absolute atomic E-state index is 12.7. The third-order valence-corrected chi connectivity index (χ3v) is 10.6. The van der Waals surface area contributed by atoms with Crippen LogP contribution in [-0.4, -0.2) is 99.4 Å². The summed E-state index contributed by atoms with van der Waals surface area (Å²) in [6.45, 7) is 12.3. The zero-order chi connectivity index (χ0) is 41.3. The molecule has 10 heteroatoms. The average Bonchev–Trinajstić information content (AvgIpc) is 3.19. The van der Waals surface area contributed by atoms with E-state index >= 15 is 0 Å². The predicted molar refractivity (Wildman–Crippen MR) is 229 cm³/mol. The minimum Gasteiger partial charge on any atom is -0.469 e. The van der Waals surface area contributed by atoms with Crippen LogP contribution >= 0.6 is 0 Å². The summed E-state index contributed by atoms with van der Waals surface area (Å²) in [6, 6.07) is -0.0677. The summed E-state index contributed by atoms with van der Waals surface area (Å²) in [6.07, 6.45) is 29.3. The van der Waals surface area contributed by atoms with Gasteiger partial charge in [-0.2, -0.15) is 0 Å². The summed E-state index contributed by atoms with van der Waals surface area (Å²) in [5.41, 5.74) is 0. The fourth-order valence-corrected chi connectivity index (χ4v) is 6.89. The van der Waals surface area contributed by atoms with Gasteiger partial charge in [-0.05, 0) is 26.2 Å². The Kier molecular flexibility index (Phi) is 39.4. The molecule has 0 fully saturated rings. The molecule has 0 aliphatic carbocycles. The van der Waals surface area contributed by atoms with Gasteiger partial charge in [0.2, 0.25) is 0 Å². The second-order valence-corrected chi connectivity index (χ2v) is 15.8. The van der Waals surface area contributed by atoms with E-state index < -0.39 is 0 Å². The van der Waals surface area contributed by atoms with Crippen LogP contribution in [0.4, 0.5) is 0 Å². The van der Waals surface area contributed by atoms with E-state index in [1.54, 1.807) is 0 Å². The fourth-order valence-electron chi connectivity index (χ4n) is 6.89. The SMILES string of the molecule is CCCCCCCCCCOC(=O)CCN(CCC(=O)OCCCCCCCCCC)CC(C)N(CCC(=O)OC)CCC(=O)OCCCCCCCCCC. The summed E-state index contributed by atoms with van der Waals surface area (Å²) in [5.74, 6) is -1.01. The van der Waals surface area contributed by atoms with Crippen molar-refractivity contribution in [3.63, 3.8) is 0 Å². The van der Waals surface area contributed by atoms with E-state index in [2.05, 4.69) is 37.5 Å². The molecule has 0 amide bonds. The molecule has 10 nitrogen and oxygen atoms in total. The second-order valence-electron chi connectivity index (χ2n) is 15.8. The van der Waals surface area contributed by atoms with Crippen molar-refractivity contribution < 1.29 is 38.1 Å². The molecule has 0 aromatic carbocycles. The first-order valence-electron chi connectivity index (χ1n) is 23.3. The molecule has 0 spiro atoms. The number of hydrogen-bond donors (Lipinski definition) is 0. The van der Waals surface area contributed by atoms with E-state index in [-0.39, 0.29) is 55.6 Å². The van der Waals surface area contributed by atoms with Crippen molar-refractivity contribution in [3.05, 3.63) is 0 Å². The van der Waals surface area contributed by atoms with Gasteiger partial charge in [-0.3, -0.25) is 24.1 Å². The van der Waals surface area contributed by atoms with Gasteiger partial charge in [0.15, 0.2) is 0 Å². The Labute approximate surface area is 344 Å². The van der Waals surface area contributed by atoms with Crippen LogP contribution in [-0.2, 0) is 38.1 Å². The molecular weight excluding hydrogens is 709 g/mol. The number of ether oxygens (including phenoxy) is 4. The maximum Gasteiger partial charge on any atom is 0.307 e. The normalized spacial score (nSPS) is 11.9. The topological polar surface area (TPSA) is 112 Å². The number of nitrogens with zero attached hydrogens (tertiary/aromatic N) is 2. The quantitative estimate of drug-likeness (QED) is 0.0336. The molecule has 0 aliphatic heterocycles. The van der Waals surface area contributed by atoms with Crippen molar-refractivity contribution in [2.45, 2.75) is 214 Å². The van der Waals surface area contributed by atoms with Gasteiger partial charge in [-0.15, -0.1) is 0 Å². The van der Waals surface area contributed by atoms with E-state index in [9.17, 15) is 19.2 Å². The van der Waals surface area contributed by atoms with Gasteiger partial charge in [0, 0.05) is 38.8 Å². The van der Waals surface area contributed by atoms with Crippen molar-refractivity contribution in [2.24, 2.45) is 0 Å². The molecular formula is C46H88N2O8. The fraction of sp³-hybridized carbons (Fsp3) is 0.913. The van der Waals surface area contributed by atoms with E-state index in [1.165, 1.54) is 123 Å². The molecule has 1 unspecified atom stereocenters. The molecule has 330 valence electrons. The highest BCUT2D eigenvalue weighted by atomic mass is 16.5. The number of carbonyl (C=O) groups is 4. The predicted octanol–water partition coefficient (Wildman–Crippen LogP) is 10.8. The Morgan fingerprint density at radius 3 is 1.02 bits per heavy atom. The van der Waals surface area contributed by atoms with Crippen LogP contribution in [0.15, 0.2) is 0 Å². The number of methoxy groups -OCH3 is 1. The lowest BCUT2D eigenvalue weighted by atomic mass is 10.1. The van der Waals surface area contributed by atoms with Gasteiger partial charge in [0.05, 0.1) is 52.6 Å². The minimum absolute atomic E-state index is 0.0677. The molecule has 0 bridgehead atoms. The zero-order valence-corrected chi connectivity index (χ0v) is 37.2. The third kappa shape index (κ3) is 36.2. The Morgan fingerprint density at radius 1 is 0.411 bits per heavy atom. The third-order valence-electron chi connectivity index (χ3n) is 10.6. The number of rotatable bonds is 42. The lowest BCUT2D eigenvalue weighted by Crippen LogP contribution is -2.45. The highest BCUT2D eigenvalue weighted by molar-refractivity contribution is 5.71. The highest BCUT2D eigenvalue weighted by Gasteiger charge is 2.21. The largest absolute Gasteiger partial charge is 0.469 e. The molecule has 56 heavy (non-hydrogen) atoms. The van der Waals surface area contributed by atoms with E-state index in [4.69, 9.17) is 18.9 Å². The van der Waals surface area contributed by atoms with Gasteiger partial charge >= 0.3 is 23.9 Å².